The maximum Gasteiger partial charge on any atom is 0.293 e. The molecule has 2 aliphatic rings. The summed E-state index contributed by atoms with van der Waals surface area (Å²) in [6.07, 6.45) is 9.37. The molecule has 2 fully saturated rings. The highest BCUT2D eigenvalue weighted by molar-refractivity contribution is 5.69. The molecule has 0 bridgehead atoms. The molecule has 4 nitrogen and oxygen atoms in total. The predicted molar refractivity (Wildman–Crippen MR) is 103 cm³/mol. The summed E-state index contributed by atoms with van der Waals surface area (Å²) in [5.74, 6) is 0.595. The van der Waals surface area contributed by atoms with Gasteiger partial charge in [-0.15, -0.1) is 0 Å². The third kappa shape index (κ3) is 3.78. The molecule has 2 N–H and O–H groups in total. The molecule has 0 radical (unpaired) electrons. The van der Waals surface area contributed by atoms with Crippen molar-refractivity contribution in [3.8, 4) is 0 Å². The second kappa shape index (κ2) is 7.67. The van der Waals surface area contributed by atoms with Crippen LogP contribution in [0.3, 0.4) is 0 Å². The van der Waals surface area contributed by atoms with Crippen molar-refractivity contribution in [3.05, 3.63) is 23.8 Å². The van der Waals surface area contributed by atoms with Gasteiger partial charge in [0.25, 0.3) is 6.47 Å². The van der Waals surface area contributed by atoms with Gasteiger partial charge in [0.05, 0.1) is 11.4 Å². The molecule has 138 valence electrons. The quantitative estimate of drug-likeness (QED) is 0.579. The Kier molecular flexibility index (Phi) is 5.55. The van der Waals surface area contributed by atoms with Gasteiger partial charge in [-0.05, 0) is 55.7 Å². The molecule has 0 unspecified atom stereocenters. The van der Waals surface area contributed by atoms with Crippen LogP contribution >= 0.6 is 0 Å². The summed E-state index contributed by atoms with van der Waals surface area (Å²) in [5.41, 5.74) is 9.04. The van der Waals surface area contributed by atoms with Crippen molar-refractivity contribution in [2.45, 2.75) is 76.9 Å². The molecule has 1 aromatic carbocycles. The molecular formula is C21H32N2O2. The average molecular weight is 344 g/mol. The first-order chi connectivity index (χ1) is 12.1. The highest BCUT2D eigenvalue weighted by Crippen LogP contribution is 2.46. The van der Waals surface area contributed by atoms with E-state index >= 15 is 0 Å². The van der Waals surface area contributed by atoms with E-state index in [-0.39, 0.29) is 0 Å². The first kappa shape index (κ1) is 18.1. The van der Waals surface area contributed by atoms with Crippen LogP contribution in [-0.4, -0.2) is 19.1 Å². The number of nitrogen functional groups attached to an aromatic ring is 1. The topological polar surface area (TPSA) is 55.6 Å². The normalized spacial score (nSPS) is 20.1. The summed E-state index contributed by atoms with van der Waals surface area (Å²) in [4.78, 5) is 13.4. The fourth-order valence-corrected chi connectivity index (χ4v) is 4.39. The van der Waals surface area contributed by atoms with Crippen LogP contribution in [-0.2, 0) is 15.1 Å². The van der Waals surface area contributed by atoms with Gasteiger partial charge in [0, 0.05) is 12.6 Å². The van der Waals surface area contributed by atoms with Crippen LogP contribution in [0, 0.1) is 5.92 Å². The lowest BCUT2D eigenvalue weighted by atomic mass is 9.74. The van der Waals surface area contributed by atoms with Gasteiger partial charge in [-0.3, -0.25) is 4.79 Å². The van der Waals surface area contributed by atoms with Crippen molar-refractivity contribution in [1.29, 1.82) is 0 Å². The van der Waals surface area contributed by atoms with Gasteiger partial charge < -0.3 is 15.4 Å². The zero-order chi connectivity index (χ0) is 17.9. The van der Waals surface area contributed by atoms with Crippen LogP contribution in [0.4, 0.5) is 11.4 Å². The van der Waals surface area contributed by atoms with E-state index in [2.05, 4.69) is 30.9 Å². The number of hydrogen-bond donors (Lipinski definition) is 1. The second-order valence-corrected chi connectivity index (χ2v) is 8.17. The van der Waals surface area contributed by atoms with Crippen LogP contribution in [0.1, 0.15) is 70.8 Å². The van der Waals surface area contributed by atoms with Crippen molar-refractivity contribution in [3.63, 3.8) is 0 Å². The molecule has 0 aliphatic heterocycles. The van der Waals surface area contributed by atoms with Gasteiger partial charge in [0.15, 0.2) is 0 Å². The van der Waals surface area contributed by atoms with Crippen LogP contribution in [0.5, 0.6) is 0 Å². The number of anilines is 2. The molecule has 0 saturated heterocycles. The zero-order valence-electron chi connectivity index (χ0n) is 15.7. The van der Waals surface area contributed by atoms with E-state index in [0.717, 1.165) is 42.7 Å². The van der Waals surface area contributed by atoms with Gasteiger partial charge in [-0.1, -0.05) is 39.2 Å². The van der Waals surface area contributed by atoms with Crippen LogP contribution in [0.2, 0.25) is 0 Å². The summed E-state index contributed by atoms with van der Waals surface area (Å²) in [5, 5.41) is 0. The van der Waals surface area contributed by atoms with Crippen molar-refractivity contribution in [2.75, 3.05) is 17.2 Å². The predicted octanol–water partition coefficient (Wildman–Crippen LogP) is 4.62. The minimum Gasteiger partial charge on any atom is -0.456 e. The molecule has 0 spiro atoms. The summed E-state index contributed by atoms with van der Waals surface area (Å²) in [7, 11) is 0. The van der Waals surface area contributed by atoms with Crippen LogP contribution in [0.15, 0.2) is 18.2 Å². The number of carbonyl (C=O) groups excluding carboxylic acids is 1. The molecule has 4 heteroatoms. The number of ether oxygens (including phenoxy) is 1. The molecule has 0 amide bonds. The SMILES string of the molecule is CC(C)CN(c1ccc(C2(OC=O)CCC2)cc1N)C1CCCCC1. The second-order valence-electron chi connectivity index (χ2n) is 8.17. The number of rotatable bonds is 7. The van der Waals surface area contributed by atoms with E-state index in [1.165, 1.54) is 32.1 Å². The van der Waals surface area contributed by atoms with Crippen molar-refractivity contribution in [2.24, 2.45) is 5.92 Å². The zero-order valence-corrected chi connectivity index (χ0v) is 15.7. The van der Waals surface area contributed by atoms with Crippen molar-refractivity contribution in [1.82, 2.24) is 0 Å². The highest BCUT2D eigenvalue weighted by atomic mass is 16.5. The number of benzene rings is 1. The first-order valence-electron chi connectivity index (χ1n) is 9.84. The molecule has 3 rings (SSSR count). The van der Waals surface area contributed by atoms with Crippen molar-refractivity contribution < 1.29 is 9.53 Å². The first-order valence-corrected chi connectivity index (χ1v) is 9.84. The van der Waals surface area contributed by atoms with Crippen LogP contribution < -0.4 is 10.6 Å². The fourth-order valence-electron chi connectivity index (χ4n) is 4.39. The van der Waals surface area contributed by atoms with E-state index in [1.54, 1.807) is 0 Å². The molecule has 0 atom stereocenters. The van der Waals surface area contributed by atoms with Gasteiger partial charge in [-0.25, -0.2) is 0 Å². The van der Waals surface area contributed by atoms with Gasteiger partial charge >= 0.3 is 0 Å². The van der Waals surface area contributed by atoms with Gasteiger partial charge in [0.2, 0.25) is 0 Å². The maximum atomic E-state index is 10.9. The summed E-state index contributed by atoms with van der Waals surface area (Å²) < 4.78 is 5.44. The smallest absolute Gasteiger partial charge is 0.293 e. The van der Waals surface area contributed by atoms with E-state index in [0.29, 0.717) is 18.4 Å². The molecular weight excluding hydrogens is 312 g/mol. The standard InChI is InChI=1S/C21H32N2O2/c1-16(2)14-23(18-7-4-3-5-8-18)20-10-9-17(13-19(20)22)21(25-15-24)11-6-12-21/h9-10,13,15-16,18H,3-8,11-12,14,22H2,1-2H3. The number of nitrogens with two attached hydrogens (primary N) is 1. The van der Waals surface area contributed by atoms with E-state index < -0.39 is 5.60 Å². The Labute approximate surface area is 151 Å². The fraction of sp³-hybridized carbons (Fsp3) is 0.667. The van der Waals surface area contributed by atoms with E-state index in [4.69, 9.17) is 10.5 Å². The molecule has 0 aromatic heterocycles. The highest BCUT2D eigenvalue weighted by Gasteiger charge is 2.41. The van der Waals surface area contributed by atoms with Gasteiger partial charge in [0.1, 0.15) is 5.60 Å². The Bertz CT molecular complexity index is 590. The summed E-state index contributed by atoms with van der Waals surface area (Å²) >= 11 is 0. The molecule has 0 heterocycles. The number of nitrogens with zero attached hydrogens (tertiary/aromatic N) is 1. The Morgan fingerprint density at radius 1 is 1.24 bits per heavy atom. The maximum absolute atomic E-state index is 10.9. The summed E-state index contributed by atoms with van der Waals surface area (Å²) in [6.45, 7) is 6.14. The summed E-state index contributed by atoms with van der Waals surface area (Å²) in [6, 6.07) is 6.89. The lowest BCUT2D eigenvalue weighted by molar-refractivity contribution is -0.155. The third-order valence-corrected chi connectivity index (χ3v) is 5.88. The lowest BCUT2D eigenvalue weighted by Gasteiger charge is -2.41. The van der Waals surface area contributed by atoms with E-state index in [9.17, 15) is 4.79 Å². The Balaban J connectivity index is 1.87. The van der Waals surface area contributed by atoms with Gasteiger partial charge in [-0.2, -0.15) is 0 Å². The Hall–Kier alpha value is -1.71. The number of carbonyl (C=O) groups is 1. The lowest BCUT2D eigenvalue weighted by Crippen LogP contribution is -2.40. The minimum absolute atomic E-state index is 0.442. The Morgan fingerprint density at radius 3 is 2.48 bits per heavy atom. The largest absolute Gasteiger partial charge is 0.456 e. The van der Waals surface area contributed by atoms with E-state index in [1.807, 2.05) is 6.07 Å². The third-order valence-electron chi connectivity index (χ3n) is 5.88. The Morgan fingerprint density at radius 2 is 1.96 bits per heavy atom. The molecule has 2 aliphatic carbocycles. The average Bonchev–Trinajstić information content (AvgIpc) is 2.57. The number of hydrogen-bond acceptors (Lipinski definition) is 4. The van der Waals surface area contributed by atoms with Crippen molar-refractivity contribution >= 4 is 17.8 Å². The van der Waals surface area contributed by atoms with Crippen LogP contribution in [0.25, 0.3) is 0 Å². The molecule has 25 heavy (non-hydrogen) atoms. The monoisotopic (exact) mass is 344 g/mol. The molecule has 2 saturated carbocycles. The molecule has 1 aromatic rings. The minimum atomic E-state index is -0.442.